The van der Waals surface area contributed by atoms with E-state index in [1.54, 1.807) is 12.1 Å². The second-order valence-corrected chi connectivity index (χ2v) is 6.33. The van der Waals surface area contributed by atoms with Gasteiger partial charge in [-0.05, 0) is 31.0 Å². The standard InChI is InChI=1S/C15H19BrF2N2O3/c16-11-1-2-12(23-14(17)18)10(7-11)8-20-13(21)15(9-19)3-5-22-6-4-15/h1-2,7,14H,3-6,8-9,19H2,(H,20,21). The van der Waals surface area contributed by atoms with Crippen LogP contribution >= 0.6 is 15.9 Å². The van der Waals surface area contributed by atoms with E-state index < -0.39 is 12.0 Å². The van der Waals surface area contributed by atoms with Crippen molar-refractivity contribution < 1.29 is 23.0 Å². The average Bonchev–Trinajstić information content (AvgIpc) is 2.55. The van der Waals surface area contributed by atoms with E-state index in [0.29, 0.717) is 36.1 Å². The number of alkyl halides is 2. The highest BCUT2D eigenvalue weighted by atomic mass is 79.9. The van der Waals surface area contributed by atoms with Crippen LogP contribution in [0.4, 0.5) is 8.78 Å². The van der Waals surface area contributed by atoms with E-state index in [1.165, 1.54) is 6.07 Å². The average molecular weight is 393 g/mol. The van der Waals surface area contributed by atoms with E-state index in [4.69, 9.17) is 10.5 Å². The van der Waals surface area contributed by atoms with Crippen molar-refractivity contribution in [2.75, 3.05) is 19.8 Å². The Morgan fingerprint density at radius 3 is 2.74 bits per heavy atom. The highest BCUT2D eigenvalue weighted by molar-refractivity contribution is 9.10. The molecular formula is C15H19BrF2N2O3. The first-order valence-electron chi connectivity index (χ1n) is 7.26. The van der Waals surface area contributed by atoms with Crippen molar-refractivity contribution in [3.63, 3.8) is 0 Å². The molecule has 0 atom stereocenters. The van der Waals surface area contributed by atoms with E-state index in [-0.39, 0.29) is 24.7 Å². The number of hydrogen-bond donors (Lipinski definition) is 2. The smallest absolute Gasteiger partial charge is 0.387 e. The Balaban J connectivity index is 2.07. The molecule has 2 rings (SSSR count). The molecule has 1 fully saturated rings. The molecule has 1 aromatic rings. The Hall–Kier alpha value is -1.25. The summed E-state index contributed by atoms with van der Waals surface area (Å²) in [6.45, 7) is -1.64. The first-order chi connectivity index (χ1) is 11.0. The Morgan fingerprint density at radius 2 is 2.13 bits per heavy atom. The first kappa shape index (κ1) is 18.1. The molecule has 1 aliphatic heterocycles. The van der Waals surface area contributed by atoms with Crippen LogP contribution < -0.4 is 15.8 Å². The largest absolute Gasteiger partial charge is 0.434 e. The van der Waals surface area contributed by atoms with Crippen LogP contribution in [0, 0.1) is 5.41 Å². The van der Waals surface area contributed by atoms with Gasteiger partial charge in [0.1, 0.15) is 5.75 Å². The highest BCUT2D eigenvalue weighted by Gasteiger charge is 2.38. The summed E-state index contributed by atoms with van der Waals surface area (Å²) in [5, 5.41) is 2.78. The summed E-state index contributed by atoms with van der Waals surface area (Å²) in [4.78, 5) is 12.5. The van der Waals surface area contributed by atoms with Gasteiger partial charge in [0.25, 0.3) is 0 Å². The van der Waals surface area contributed by atoms with Gasteiger partial charge in [0, 0.05) is 36.3 Å². The fraction of sp³-hybridized carbons (Fsp3) is 0.533. The van der Waals surface area contributed by atoms with Crippen molar-refractivity contribution in [1.82, 2.24) is 5.32 Å². The molecule has 0 radical (unpaired) electrons. The molecule has 0 spiro atoms. The molecule has 3 N–H and O–H groups in total. The van der Waals surface area contributed by atoms with Crippen molar-refractivity contribution in [2.24, 2.45) is 11.1 Å². The zero-order valence-corrected chi connectivity index (χ0v) is 14.1. The second-order valence-electron chi connectivity index (χ2n) is 5.41. The predicted molar refractivity (Wildman–Crippen MR) is 84.2 cm³/mol. The summed E-state index contributed by atoms with van der Waals surface area (Å²) in [7, 11) is 0. The fourth-order valence-corrected chi connectivity index (χ4v) is 2.95. The van der Waals surface area contributed by atoms with Crippen LogP contribution in [-0.2, 0) is 16.1 Å². The zero-order chi connectivity index (χ0) is 16.9. The SMILES string of the molecule is NCC1(C(=O)NCc2cc(Br)ccc2OC(F)F)CCOCC1. The van der Waals surface area contributed by atoms with Crippen LogP contribution in [-0.4, -0.2) is 32.3 Å². The molecule has 1 saturated heterocycles. The van der Waals surface area contributed by atoms with Crippen LogP contribution in [0.3, 0.4) is 0 Å². The minimum atomic E-state index is -2.92. The third kappa shape index (κ3) is 4.62. The molecule has 1 amide bonds. The van der Waals surface area contributed by atoms with Crippen molar-refractivity contribution in [3.8, 4) is 5.75 Å². The lowest BCUT2D eigenvalue weighted by molar-refractivity contribution is -0.136. The summed E-state index contributed by atoms with van der Waals surface area (Å²) in [5.74, 6) is -0.149. The summed E-state index contributed by atoms with van der Waals surface area (Å²) in [6.07, 6.45) is 1.10. The topological polar surface area (TPSA) is 73.6 Å². The molecule has 1 heterocycles. The van der Waals surface area contributed by atoms with Crippen LogP contribution in [0.5, 0.6) is 5.75 Å². The molecule has 23 heavy (non-hydrogen) atoms. The molecule has 0 aromatic heterocycles. The van der Waals surface area contributed by atoms with E-state index >= 15 is 0 Å². The molecule has 5 nitrogen and oxygen atoms in total. The molecule has 1 aromatic carbocycles. The number of nitrogens with one attached hydrogen (secondary N) is 1. The van der Waals surface area contributed by atoms with Crippen molar-refractivity contribution >= 4 is 21.8 Å². The normalized spacial score (nSPS) is 17.1. The number of halogens is 3. The molecule has 0 bridgehead atoms. The third-order valence-electron chi connectivity index (χ3n) is 4.00. The minimum absolute atomic E-state index is 0.0391. The van der Waals surface area contributed by atoms with Gasteiger partial charge in [-0.3, -0.25) is 4.79 Å². The minimum Gasteiger partial charge on any atom is -0.434 e. The number of carbonyl (C=O) groups excluding carboxylic acids is 1. The van der Waals surface area contributed by atoms with Crippen LogP contribution in [0.2, 0.25) is 0 Å². The van der Waals surface area contributed by atoms with Crippen molar-refractivity contribution in [2.45, 2.75) is 26.0 Å². The molecule has 128 valence electrons. The first-order valence-corrected chi connectivity index (χ1v) is 8.05. The van der Waals surface area contributed by atoms with Gasteiger partial charge in [0.05, 0.1) is 5.41 Å². The van der Waals surface area contributed by atoms with Crippen LogP contribution in [0.25, 0.3) is 0 Å². The van der Waals surface area contributed by atoms with Gasteiger partial charge in [-0.1, -0.05) is 15.9 Å². The van der Waals surface area contributed by atoms with Gasteiger partial charge in [-0.2, -0.15) is 8.78 Å². The third-order valence-corrected chi connectivity index (χ3v) is 4.49. The number of carbonyl (C=O) groups is 1. The molecule has 0 aliphatic carbocycles. The van der Waals surface area contributed by atoms with E-state index in [1.807, 2.05) is 0 Å². The Labute approximate surface area is 141 Å². The quantitative estimate of drug-likeness (QED) is 0.779. The molecular weight excluding hydrogens is 374 g/mol. The number of hydrogen-bond acceptors (Lipinski definition) is 4. The van der Waals surface area contributed by atoms with Crippen molar-refractivity contribution in [1.29, 1.82) is 0 Å². The maximum absolute atomic E-state index is 12.5. The number of ether oxygens (including phenoxy) is 2. The zero-order valence-electron chi connectivity index (χ0n) is 12.5. The van der Waals surface area contributed by atoms with Crippen LogP contribution in [0.1, 0.15) is 18.4 Å². The molecule has 1 aliphatic rings. The lowest BCUT2D eigenvalue weighted by Gasteiger charge is -2.34. The monoisotopic (exact) mass is 392 g/mol. The number of nitrogens with two attached hydrogens (primary N) is 1. The Bertz CT molecular complexity index is 552. The molecule has 8 heteroatoms. The van der Waals surface area contributed by atoms with Gasteiger partial charge >= 0.3 is 6.61 Å². The van der Waals surface area contributed by atoms with E-state index in [0.717, 1.165) is 0 Å². The Kier molecular flexibility index (Phi) is 6.32. The predicted octanol–water partition coefficient (Wildman–Crippen LogP) is 2.42. The van der Waals surface area contributed by atoms with Gasteiger partial charge in [0.15, 0.2) is 0 Å². The summed E-state index contributed by atoms with van der Waals surface area (Å²) < 4.78 is 35.4. The molecule has 0 saturated carbocycles. The van der Waals surface area contributed by atoms with E-state index in [9.17, 15) is 13.6 Å². The summed E-state index contributed by atoms with van der Waals surface area (Å²) in [5.41, 5.74) is 5.59. The lowest BCUT2D eigenvalue weighted by atomic mass is 9.79. The second kappa shape index (κ2) is 8.03. The summed E-state index contributed by atoms with van der Waals surface area (Å²) in [6, 6.07) is 4.67. The lowest BCUT2D eigenvalue weighted by Crippen LogP contribution is -2.49. The highest BCUT2D eigenvalue weighted by Crippen LogP contribution is 2.30. The van der Waals surface area contributed by atoms with Gasteiger partial charge in [-0.15, -0.1) is 0 Å². The maximum atomic E-state index is 12.5. The number of amides is 1. The van der Waals surface area contributed by atoms with E-state index in [2.05, 4.69) is 26.0 Å². The maximum Gasteiger partial charge on any atom is 0.387 e. The number of benzene rings is 1. The van der Waals surface area contributed by atoms with Crippen LogP contribution in [0.15, 0.2) is 22.7 Å². The summed E-state index contributed by atoms with van der Waals surface area (Å²) >= 11 is 3.28. The number of rotatable bonds is 6. The van der Waals surface area contributed by atoms with Gasteiger partial charge in [0.2, 0.25) is 5.91 Å². The van der Waals surface area contributed by atoms with Crippen molar-refractivity contribution in [3.05, 3.63) is 28.2 Å². The fourth-order valence-electron chi connectivity index (χ4n) is 2.55. The van der Waals surface area contributed by atoms with Gasteiger partial charge in [-0.25, -0.2) is 0 Å². The molecule has 0 unspecified atom stereocenters. The Morgan fingerprint density at radius 1 is 1.43 bits per heavy atom. The van der Waals surface area contributed by atoms with Gasteiger partial charge < -0.3 is 20.5 Å².